The van der Waals surface area contributed by atoms with Crippen LogP contribution in [0.5, 0.6) is 0 Å². The molecule has 3 heteroatoms. The van der Waals surface area contributed by atoms with E-state index in [1.165, 1.54) is 51.7 Å². The first kappa shape index (κ1) is 14.3. The first-order valence-corrected chi connectivity index (χ1v) is 7.93. The zero-order valence-corrected chi connectivity index (χ0v) is 12.5. The number of hydrogen-bond acceptors (Lipinski definition) is 3. The van der Waals surface area contributed by atoms with Crippen molar-refractivity contribution in [3.8, 4) is 0 Å². The van der Waals surface area contributed by atoms with Gasteiger partial charge in [0.2, 0.25) is 0 Å². The summed E-state index contributed by atoms with van der Waals surface area (Å²) in [6.45, 7) is 9.40. The molecule has 3 unspecified atom stereocenters. The Kier molecular flexibility index (Phi) is 5.46. The number of rotatable bonds is 6. The predicted molar refractivity (Wildman–Crippen MR) is 78.0 cm³/mol. The largest absolute Gasteiger partial charge is 0.315 e. The van der Waals surface area contributed by atoms with Gasteiger partial charge < -0.3 is 5.32 Å². The summed E-state index contributed by atoms with van der Waals surface area (Å²) >= 11 is 0. The van der Waals surface area contributed by atoms with Gasteiger partial charge >= 0.3 is 0 Å². The molecule has 1 N–H and O–H groups in total. The Balaban J connectivity index is 1.93. The Labute approximate surface area is 113 Å². The van der Waals surface area contributed by atoms with E-state index in [0.29, 0.717) is 0 Å². The van der Waals surface area contributed by atoms with Gasteiger partial charge in [-0.2, -0.15) is 0 Å². The topological polar surface area (TPSA) is 18.5 Å². The first-order chi connectivity index (χ1) is 8.76. The van der Waals surface area contributed by atoms with E-state index in [0.717, 1.165) is 24.7 Å². The number of hydrogen-bond donors (Lipinski definition) is 1. The molecule has 2 saturated heterocycles. The molecule has 2 aliphatic rings. The van der Waals surface area contributed by atoms with Crippen LogP contribution in [0.1, 0.15) is 46.0 Å². The molecule has 0 aromatic carbocycles. The number of nitrogens with zero attached hydrogens (tertiary/aromatic N) is 2. The lowest BCUT2D eigenvalue weighted by Gasteiger charge is -2.33. The molecule has 106 valence electrons. The molecule has 0 amide bonds. The summed E-state index contributed by atoms with van der Waals surface area (Å²) in [5.74, 6) is 0. The number of likely N-dealkylation sites (N-methyl/N-ethyl adjacent to an activating group) is 2. The van der Waals surface area contributed by atoms with Crippen molar-refractivity contribution >= 4 is 0 Å². The zero-order valence-electron chi connectivity index (χ0n) is 12.5. The Bertz CT molecular complexity index is 244. The molecular weight excluding hydrogens is 222 g/mol. The SMILES string of the molecule is CCCC(CNCC)N1CCC2CCC(C1)N2C. The zero-order chi connectivity index (χ0) is 13.0. The Morgan fingerprint density at radius 2 is 1.94 bits per heavy atom. The summed E-state index contributed by atoms with van der Waals surface area (Å²) in [6, 6.07) is 2.43. The van der Waals surface area contributed by atoms with Crippen LogP contribution in [-0.2, 0) is 0 Å². The third kappa shape index (κ3) is 3.25. The highest BCUT2D eigenvalue weighted by molar-refractivity contribution is 4.92. The van der Waals surface area contributed by atoms with E-state index in [-0.39, 0.29) is 0 Å². The van der Waals surface area contributed by atoms with E-state index >= 15 is 0 Å². The fraction of sp³-hybridized carbons (Fsp3) is 1.00. The number of likely N-dealkylation sites (tertiary alicyclic amines) is 1. The maximum atomic E-state index is 3.55. The molecule has 2 heterocycles. The van der Waals surface area contributed by atoms with Gasteiger partial charge in [-0.3, -0.25) is 9.80 Å². The van der Waals surface area contributed by atoms with Crippen LogP contribution in [0.4, 0.5) is 0 Å². The van der Waals surface area contributed by atoms with Crippen molar-refractivity contribution in [3.05, 3.63) is 0 Å². The lowest BCUT2D eigenvalue weighted by molar-refractivity contribution is 0.160. The van der Waals surface area contributed by atoms with Crippen LogP contribution in [0.25, 0.3) is 0 Å². The van der Waals surface area contributed by atoms with Crippen molar-refractivity contribution < 1.29 is 0 Å². The van der Waals surface area contributed by atoms with E-state index in [1.807, 2.05) is 0 Å². The van der Waals surface area contributed by atoms with Crippen LogP contribution in [0.3, 0.4) is 0 Å². The normalized spacial score (nSPS) is 31.5. The molecule has 0 spiro atoms. The monoisotopic (exact) mass is 253 g/mol. The van der Waals surface area contributed by atoms with E-state index in [2.05, 4.69) is 36.0 Å². The fourth-order valence-corrected chi connectivity index (χ4v) is 3.72. The standard InChI is InChI=1S/C15H31N3/c1-4-6-14(11-16-5-2)18-10-9-13-7-8-15(12-18)17(13)3/h13-16H,4-12H2,1-3H3. The number of nitrogens with one attached hydrogen (secondary N) is 1. The molecule has 3 nitrogen and oxygen atoms in total. The molecule has 0 aliphatic carbocycles. The molecule has 0 saturated carbocycles. The van der Waals surface area contributed by atoms with Crippen molar-refractivity contribution in [2.75, 3.05) is 33.2 Å². The van der Waals surface area contributed by atoms with Crippen molar-refractivity contribution in [2.24, 2.45) is 0 Å². The van der Waals surface area contributed by atoms with E-state index in [1.54, 1.807) is 0 Å². The molecule has 2 fully saturated rings. The molecule has 0 aromatic heterocycles. The van der Waals surface area contributed by atoms with Gasteiger partial charge in [-0.05, 0) is 39.3 Å². The third-order valence-corrected chi connectivity index (χ3v) is 4.95. The van der Waals surface area contributed by atoms with Crippen molar-refractivity contribution in [1.29, 1.82) is 0 Å². The Morgan fingerprint density at radius 1 is 1.17 bits per heavy atom. The smallest absolute Gasteiger partial charge is 0.0223 e. The second-order valence-electron chi connectivity index (χ2n) is 6.08. The first-order valence-electron chi connectivity index (χ1n) is 7.93. The van der Waals surface area contributed by atoms with Gasteiger partial charge in [0.05, 0.1) is 0 Å². The molecule has 0 radical (unpaired) electrons. The molecule has 2 aliphatic heterocycles. The average molecular weight is 253 g/mol. The molecule has 2 bridgehead atoms. The second-order valence-corrected chi connectivity index (χ2v) is 6.08. The summed E-state index contributed by atoms with van der Waals surface area (Å²) in [5, 5.41) is 3.55. The van der Waals surface area contributed by atoms with Gasteiger partial charge in [0.1, 0.15) is 0 Å². The maximum absolute atomic E-state index is 3.55. The number of fused-ring (bicyclic) bond motifs is 2. The maximum Gasteiger partial charge on any atom is 0.0223 e. The van der Waals surface area contributed by atoms with Crippen LogP contribution in [0.15, 0.2) is 0 Å². The summed E-state index contributed by atoms with van der Waals surface area (Å²) < 4.78 is 0. The van der Waals surface area contributed by atoms with Crippen LogP contribution in [-0.4, -0.2) is 61.2 Å². The Morgan fingerprint density at radius 3 is 2.67 bits per heavy atom. The van der Waals surface area contributed by atoms with Crippen molar-refractivity contribution in [1.82, 2.24) is 15.1 Å². The van der Waals surface area contributed by atoms with E-state index in [4.69, 9.17) is 0 Å². The molecule has 18 heavy (non-hydrogen) atoms. The third-order valence-electron chi connectivity index (χ3n) is 4.95. The van der Waals surface area contributed by atoms with Gasteiger partial charge in [-0.1, -0.05) is 20.3 Å². The fourth-order valence-electron chi connectivity index (χ4n) is 3.72. The second kappa shape index (κ2) is 6.88. The summed E-state index contributed by atoms with van der Waals surface area (Å²) in [6.07, 6.45) is 6.86. The van der Waals surface area contributed by atoms with Gasteiger partial charge in [0.25, 0.3) is 0 Å². The summed E-state index contributed by atoms with van der Waals surface area (Å²) in [5.41, 5.74) is 0. The van der Waals surface area contributed by atoms with Gasteiger partial charge in [0, 0.05) is 37.8 Å². The van der Waals surface area contributed by atoms with Gasteiger partial charge in [-0.25, -0.2) is 0 Å². The average Bonchev–Trinajstić information content (AvgIpc) is 2.59. The lowest BCUT2D eigenvalue weighted by Crippen LogP contribution is -2.46. The van der Waals surface area contributed by atoms with Crippen LogP contribution >= 0.6 is 0 Å². The molecule has 0 aromatic rings. The Hall–Kier alpha value is -0.120. The van der Waals surface area contributed by atoms with E-state index in [9.17, 15) is 0 Å². The van der Waals surface area contributed by atoms with Crippen LogP contribution in [0, 0.1) is 0 Å². The minimum atomic E-state index is 0.752. The van der Waals surface area contributed by atoms with Gasteiger partial charge in [-0.15, -0.1) is 0 Å². The van der Waals surface area contributed by atoms with Gasteiger partial charge in [0.15, 0.2) is 0 Å². The van der Waals surface area contributed by atoms with Crippen LogP contribution in [0.2, 0.25) is 0 Å². The minimum absolute atomic E-state index is 0.752. The minimum Gasteiger partial charge on any atom is -0.315 e. The lowest BCUT2D eigenvalue weighted by atomic mass is 10.0. The summed E-state index contributed by atoms with van der Waals surface area (Å²) in [7, 11) is 2.34. The molecular formula is C15H31N3. The van der Waals surface area contributed by atoms with Crippen molar-refractivity contribution in [3.63, 3.8) is 0 Å². The molecule has 2 rings (SSSR count). The van der Waals surface area contributed by atoms with Crippen LogP contribution < -0.4 is 5.32 Å². The quantitative estimate of drug-likeness (QED) is 0.780. The van der Waals surface area contributed by atoms with E-state index < -0.39 is 0 Å². The predicted octanol–water partition coefficient (Wildman–Crippen LogP) is 1.93. The van der Waals surface area contributed by atoms with Crippen molar-refractivity contribution in [2.45, 2.75) is 64.1 Å². The highest BCUT2D eigenvalue weighted by Crippen LogP contribution is 2.29. The molecule has 3 atom stereocenters. The highest BCUT2D eigenvalue weighted by atomic mass is 15.3. The summed E-state index contributed by atoms with van der Waals surface area (Å²) in [4.78, 5) is 5.42. The highest BCUT2D eigenvalue weighted by Gasteiger charge is 2.36.